The van der Waals surface area contributed by atoms with Crippen LogP contribution in [0.1, 0.15) is 13.3 Å². The fourth-order valence-electron chi connectivity index (χ4n) is 1.79. The molecule has 0 bridgehead atoms. The molecule has 0 amide bonds. The topological polar surface area (TPSA) is 79.2 Å². The van der Waals surface area contributed by atoms with E-state index in [0.29, 0.717) is 0 Å². The van der Waals surface area contributed by atoms with Gasteiger partial charge in [0.05, 0.1) is 0 Å². The molecule has 1 aliphatic rings. The van der Waals surface area contributed by atoms with Gasteiger partial charge in [-0.25, -0.2) is 0 Å². The average Bonchev–Trinajstić information content (AvgIpc) is 2.21. The molecule has 0 radical (unpaired) electrons. The van der Waals surface area contributed by atoms with Crippen molar-refractivity contribution in [1.82, 2.24) is 0 Å². The summed E-state index contributed by atoms with van der Waals surface area (Å²) in [6.07, 6.45) is -0.116. The van der Waals surface area contributed by atoms with Crippen LogP contribution >= 0.6 is 15.4 Å². The summed E-state index contributed by atoms with van der Waals surface area (Å²) in [5.74, 6) is 0. The molecule has 3 atom stereocenters. The Bertz CT molecular complexity index is 244. The molecule has 1 heterocycles. The first kappa shape index (κ1) is 12.7. The number of rotatable bonds is 2. The first-order valence-electron chi connectivity index (χ1n) is 4.31. The van der Waals surface area contributed by atoms with Crippen LogP contribution in [0.25, 0.3) is 0 Å². The molecule has 3 N–H and O–H groups in total. The summed E-state index contributed by atoms with van der Waals surface area (Å²) in [7, 11) is -4.53. The third kappa shape index (κ3) is 1.52. The number of aliphatic hydroxyl groups is 1. The molecule has 5 nitrogen and oxygen atoms in total. The second-order valence-corrected chi connectivity index (χ2v) is 9.98. The molecule has 0 aromatic heterocycles. The van der Waals surface area contributed by atoms with Crippen LogP contribution in [0, 0.1) is 0 Å². The van der Waals surface area contributed by atoms with Crippen LogP contribution in [-0.2, 0) is 9.05 Å². The molecule has 1 saturated heterocycles. The second kappa shape index (κ2) is 3.33. The van der Waals surface area contributed by atoms with Crippen LogP contribution in [-0.4, -0.2) is 46.5 Å². The van der Waals surface area contributed by atoms with Crippen molar-refractivity contribution in [2.45, 2.75) is 24.5 Å². The van der Waals surface area contributed by atoms with Crippen molar-refractivity contribution in [1.29, 1.82) is 0 Å². The Balaban J connectivity index is 3.18. The minimum atomic E-state index is -4.08. The van der Waals surface area contributed by atoms with E-state index in [-0.39, 0.29) is 12.5 Å². The molecular weight excluding hydrogens is 226 g/mol. The molecule has 14 heavy (non-hydrogen) atoms. The minimum absolute atomic E-state index is 0.199. The summed E-state index contributed by atoms with van der Waals surface area (Å²) >= 11 is 0. The van der Waals surface area contributed by atoms with E-state index in [1.165, 1.54) is 20.4 Å². The predicted molar refractivity (Wildman–Crippen MR) is 57.2 cm³/mol. The van der Waals surface area contributed by atoms with Crippen molar-refractivity contribution >= 4 is 15.4 Å². The number of hydrogen-bond donors (Lipinski definition) is 3. The molecule has 86 valence electrons. The maximum atomic E-state index is 10.3. The Morgan fingerprint density at radius 2 is 2.14 bits per heavy atom. The van der Waals surface area contributed by atoms with Crippen molar-refractivity contribution in [2.24, 2.45) is 0 Å². The fraction of sp³-hybridized carbons (Fsp3) is 1.00. The quantitative estimate of drug-likeness (QED) is 0.632. The van der Waals surface area contributed by atoms with E-state index in [9.17, 15) is 14.9 Å². The second-order valence-electron chi connectivity index (χ2n) is 3.91. The van der Waals surface area contributed by atoms with Gasteiger partial charge in [-0.15, -0.1) is 0 Å². The molecule has 0 aromatic carbocycles. The van der Waals surface area contributed by atoms with E-state index < -0.39 is 20.5 Å². The Labute approximate surface area is 85.0 Å². The van der Waals surface area contributed by atoms with Crippen LogP contribution in [0.4, 0.5) is 0 Å². The van der Waals surface area contributed by atoms with Crippen LogP contribution < -0.4 is 0 Å². The Morgan fingerprint density at radius 3 is 2.43 bits per heavy atom. The SMILES string of the molecule is COP1(C)(O)OC(C)CC1(O)P(C)O. The van der Waals surface area contributed by atoms with Gasteiger partial charge in [0.1, 0.15) is 0 Å². The molecule has 1 rings (SSSR count). The molecule has 1 aliphatic heterocycles. The van der Waals surface area contributed by atoms with Crippen molar-refractivity contribution < 1.29 is 23.9 Å². The van der Waals surface area contributed by atoms with Crippen LogP contribution in [0.2, 0.25) is 0 Å². The van der Waals surface area contributed by atoms with E-state index in [0.717, 1.165) is 0 Å². The van der Waals surface area contributed by atoms with Gasteiger partial charge in [0.2, 0.25) is 0 Å². The van der Waals surface area contributed by atoms with Crippen molar-refractivity contribution in [2.75, 3.05) is 20.4 Å². The molecule has 0 saturated carbocycles. The Morgan fingerprint density at radius 1 is 1.64 bits per heavy atom. The normalized spacial score (nSPS) is 45.4. The Kier molecular flexibility index (Phi) is 3.02. The number of hydrogen-bond acceptors (Lipinski definition) is 5. The van der Waals surface area contributed by atoms with Gasteiger partial charge in [0, 0.05) is 0 Å². The van der Waals surface area contributed by atoms with Crippen LogP contribution in [0.5, 0.6) is 0 Å². The van der Waals surface area contributed by atoms with Gasteiger partial charge in [0.15, 0.2) is 0 Å². The standard InChI is InChI=1S/C7H18O5P2/c1-6-5-7(8,13(3)9)14(4,10,11-2)12-6/h6,8-10H,5H2,1-4H3. The fourth-order valence-corrected chi connectivity index (χ4v) is 7.46. The van der Waals surface area contributed by atoms with E-state index in [1.807, 2.05) is 0 Å². The van der Waals surface area contributed by atoms with Gasteiger partial charge in [-0.2, -0.15) is 0 Å². The zero-order chi connectivity index (χ0) is 11.2. The van der Waals surface area contributed by atoms with Crippen molar-refractivity contribution in [3.8, 4) is 0 Å². The monoisotopic (exact) mass is 244 g/mol. The first-order valence-corrected chi connectivity index (χ1v) is 8.53. The summed E-state index contributed by atoms with van der Waals surface area (Å²) < 4.78 is 10.3. The van der Waals surface area contributed by atoms with Gasteiger partial charge < -0.3 is 0 Å². The third-order valence-corrected chi connectivity index (χ3v) is 9.71. The molecule has 7 heteroatoms. The van der Waals surface area contributed by atoms with Crippen molar-refractivity contribution in [3.05, 3.63) is 0 Å². The van der Waals surface area contributed by atoms with E-state index in [2.05, 4.69) is 0 Å². The summed E-state index contributed by atoms with van der Waals surface area (Å²) in [5, 5.41) is 8.62. The third-order valence-electron chi connectivity index (χ3n) is 2.75. The van der Waals surface area contributed by atoms with Crippen LogP contribution in [0.15, 0.2) is 0 Å². The van der Waals surface area contributed by atoms with E-state index in [1.54, 1.807) is 6.92 Å². The zero-order valence-corrected chi connectivity index (χ0v) is 10.6. The van der Waals surface area contributed by atoms with Crippen LogP contribution in [0.3, 0.4) is 0 Å². The maximum absolute atomic E-state index is 10.3. The van der Waals surface area contributed by atoms with Crippen molar-refractivity contribution in [3.63, 3.8) is 0 Å². The summed E-state index contributed by atoms with van der Waals surface area (Å²) in [6, 6.07) is 0. The zero-order valence-electron chi connectivity index (χ0n) is 8.84. The molecule has 0 aromatic rings. The summed E-state index contributed by atoms with van der Waals surface area (Å²) in [5.41, 5.74) is 0. The first-order chi connectivity index (χ1) is 6.15. The summed E-state index contributed by atoms with van der Waals surface area (Å²) in [4.78, 5) is 19.9. The van der Waals surface area contributed by atoms with Gasteiger partial charge >= 0.3 is 84.3 Å². The van der Waals surface area contributed by atoms with E-state index in [4.69, 9.17) is 9.05 Å². The Hall–Kier alpha value is 0.660. The molecule has 0 spiro atoms. The average molecular weight is 244 g/mol. The van der Waals surface area contributed by atoms with Gasteiger partial charge in [-0.1, -0.05) is 0 Å². The predicted octanol–water partition coefficient (Wildman–Crippen LogP) is 1.03. The molecule has 0 aliphatic carbocycles. The molecule has 1 fully saturated rings. The van der Waals surface area contributed by atoms with E-state index >= 15 is 0 Å². The van der Waals surface area contributed by atoms with Gasteiger partial charge in [0.25, 0.3) is 0 Å². The molecule has 3 unspecified atom stereocenters. The molecular formula is C7H18O5P2. The van der Waals surface area contributed by atoms with Gasteiger partial charge in [-0.05, 0) is 0 Å². The van der Waals surface area contributed by atoms with Gasteiger partial charge in [-0.3, -0.25) is 0 Å². The summed E-state index contributed by atoms with van der Waals surface area (Å²) in [6.45, 7) is 4.58.